The molecule has 0 aliphatic carbocycles. The predicted molar refractivity (Wildman–Crippen MR) is 84.8 cm³/mol. The Morgan fingerprint density at radius 1 is 1.40 bits per heavy atom. The number of hydrogen-bond acceptors (Lipinski definition) is 3. The summed E-state index contributed by atoms with van der Waals surface area (Å²) >= 11 is 5.22. The van der Waals surface area contributed by atoms with Gasteiger partial charge in [0.05, 0.1) is 0 Å². The Morgan fingerprint density at radius 3 is 2.85 bits per heavy atom. The zero-order valence-corrected chi connectivity index (χ0v) is 12.7. The summed E-state index contributed by atoms with van der Waals surface area (Å²) in [4.78, 5) is 0. The zero-order chi connectivity index (χ0) is 14.4. The largest absolute Gasteiger partial charge is 0.250 e. The second-order valence-electron chi connectivity index (χ2n) is 4.82. The summed E-state index contributed by atoms with van der Waals surface area (Å²) in [6.07, 6.45) is 5.02. The van der Waals surface area contributed by atoms with Gasteiger partial charge in [-0.1, -0.05) is 50.6 Å². The number of unbranched alkanes of at least 4 members (excludes halogenated alkanes) is 1. The molecule has 0 fully saturated rings. The van der Waals surface area contributed by atoms with E-state index in [9.17, 15) is 0 Å². The maximum Gasteiger partial charge on any atom is 0.216 e. The van der Waals surface area contributed by atoms with Crippen molar-refractivity contribution in [2.45, 2.75) is 39.0 Å². The fraction of sp³-hybridized carbons (Fsp3) is 0.400. The standard InChI is InChI=1S/C15H20N4S/c1-3-4-10-14-17-18-15(20)19(14)16-11-12(2)13-8-6-5-7-9-13/h5-9,11-12H,3-4,10H2,1-2H3,(H,18,20)/b16-11-/t12-/m0/s1. The molecule has 0 radical (unpaired) electrons. The van der Waals surface area contributed by atoms with Crippen molar-refractivity contribution in [1.82, 2.24) is 14.9 Å². The SMILES string of the molecule is CCCCc1n[nH]c(=S)n1/N=C\[C@H](C)c1ccccc1. The number of rotatable bonds is 6. The monoisotopic (exact) mass is 288 g/mol. The van der Waals surface area contributed by atoms with Gasteiger partial charge in [0.2, 0.25) is 4.77 Å². The average molecular weight is 288 g/mol. The van der Waals surface area contributed by atoms with Gasteiger partial charge >= 0.3 is 0 Å². The third-order valence-corrected chi connectivity index (χ3v) is 3.47. The Morgan fingerprint density at radius 2 is 2.15 bits per heavy atom. The van der Waals surface area contributed by atoms with Crippen LogP contribution < -0.4 is 0 Å². The molecule has 20 heavy (non-hydrogen) atoms. The first-order valence-electron chi connectivity index (χ1n) is 6.98. The number of benzene rings is 1. The van der Waals surface area contributed by atoms with Crippen LogP contribution in [0.4, 0.5) is 0 Å². The minimum atomic E-state index is 0.243. The number of aryl methyl sites for hydroxylation is 1. The van der Waals surface area contributed by atoms with Gasteiger partial charge in [-0.05, 0) is 24.2 Å². The van der Waals surface area contributed by atoms with E-state index < -0.39 is 0 Å². The van der Waals surface area contributed by atoms with Crippen molar-refractivity contribution in [3.63, 3.8) is 0 Å². The van der Waals surface area contributed by atoms with Crippen LogP contribution in [0.15, 0.2) is 35.4 Å². The molecular formula is C15H20N4S. The van der Waals surface area contributed by atoms with E-state index in [0.29, 0.717) is 4.77 Å². The Bertz CT molecular complexity index is 612. The van der Waals surface area contributed by atoms with Crippen molar-refractivity contribution < 1.29 is 0 Å². The number of H-pyrrole nitrogens is 1. The molecule has 1 aromatic heterocycles. The van der Waals surface area contributed by atoms with Gasteiger partial charge in [0.15, 0.2) is 5.82 Å². The molecule has 106 valence electrons. The van der Waals surface area contributed by atoms with Gasteiger partial charge in [0, 0.05) is 18.6 Å². The maximum absolute atomic E-state index is 5.22. The van der Waals surface area contributed by atoms with Gasteiger partial charge in [-0.3, -0.25) is 5.10 Å². The van der Waals surface area contributed by atoms with Crippen LogP contribution in [-0.4, -0.2) is 21.1 Å². The van der Waals surface area contributed by atoms with E-state index in [4.69, 9.17) is 12.2 Å². The number of aromatic nitrogens is 3. The number of hydrogen-bond donors (Lipinski definition) is 1. The first-order valence-corrected chi connectivity index (χ1v) is 7.39. The van der Waals surface area contributed by atoms with Crippen LogP contribution in [0.1, 0.15) is 44.0 Å². The molecule has 1 aromatic carbocycles. The predicted octanol–water partition coefficient (Wildman–Crippen LogP) is 3.92. The average Bonchev–Trinajstić information content (AvgIpc) is 2.84. The summed E-state index contributed by atoms with van der Waals surface area (Å²) in [7, 11) is 0. The van der Waals surface area contributed by atoms with E-state index in [-0.39, 0.29) is 5.92 Å². The van der Waals surface area contributed by atoms with Crippen molar-refractivity contribution in [3.8, 4) is 0 Å². The number of aromatic amines is 1. The molecule has 5 heteroatoms. The first-order chi connectivity index (χ1) is 9.72. The summed E-state index contributed by atoms with van der Waals surface area (Å²) in [5.74, 6) is 1.14. The third-order valence-electron chi connectivity index (χ3n) is 3.20. The molecule has 2 aromatic rings. The fourth-order valence-corrected chi connectivity index (χ4v) is 2.15. The highest BCUT2D eigenvalue weighted by Crippen LogP contribution is 2.12. The van der Waals surface area contributed by atoms with E-state index >= 15 is 0 Å². The molecule has 2 rings (SSSR count). The van der Waals surface area contributed by atoms with Crippen LogP contribution in [0, 0.1) is 4.77 Å². The normalized spacial score (nSPS) is 12.9. The highest BCUT2D eigenvalue weighted by molar-refractivity contribution is 7.71. The van der Waals surface area contributed by atoms with Crippen molar-refractivity contribution in [2.75, 3.05) is 0 Å². The fourth-order valence-electron chi connectivity index (χ4n) is 1.95. The van der Waals surface area contributed by atoms with Crippen LogP contribution in [0.5, 0.6) is 0 Å². The van der Waals surface area contributed by atoms with Gasteiger partial charge in [-0.2, -0.15) is 14.9 Å². The molecule has 1 N–H and O–H groups in total. The molecule has 1 heterocycles. The lowest BCUT2D eigenvalue weighted by Gasteiger charge is -2.05. The van der Waals surface area contributed by atoms with Crippen LogP contribution in [-0.2, 0) is 6.42 Å². The molecule has 1 atom stereocenters. The van der Waals surface area contributed by atoms with E-state index in [2.05, 4.69) is 41.3 Å². The molecule has 0 aliphatic heterocycles. The molecule has 0 amide bonds. The van der Waals surface area contributed by atoms with Crippen molar-refractivity contribution >= 4 is 18.4 Å². The van der Waals surface area contributed by atoms with Crippen LogP contribution in [0.3, 0.4) is 0 Å². The molecule has 4 nitrogen and oxygen atoms in total. The molecule has 0 bridgehead atoms. The maximum atomic E-state index is 5.22. The second kappa shape index (κ2) is 7.14. The van der Waals surface area contributed by atoms with Crippen LogP contribution in [0.25, 0.3) is 0 Å². The zero-order valence-electron chi connectivity index (χ0n) is 11.9. The Kier molecular flexibility index (Phi) is 5.24. The summed E-state index contributed by atoms with van der Waals surface area (Å²) in [5, 5.41) is 11.5. The molecular weight excluding hydrogens is 268 g/mol. The molecule has 0 aliphatic rings. The highest BCUT2D eigenvalue weighted by Gasteiger charge is 2.05. The lowest BCUT2D eigenvalue weighted by molar-refractivity contribution is 0.698. The van der Waals surface area contributed by atoms with Crippen molar-refractivity contribution in [3.05, 3.63) is 46.5 Å². The smallest absolute Gasteiger partial charge is 0.216 e. The van der Waals surface area contributed by atoms with E-state index in [1.165, 1.54) is 5.56 Å². The van der Waals surface area contributed by atoms with Gasteiger partial charge in [-0.25, -0.2) is 0 Å². The number of nitrogens with one attached hydrogen (secondary N) is 1. The number of nitrogens with zero attached hydrogens (tertiary/aromatic N) is 3. The first kappa shape index (κ1) is 14.7. The topological polar surface area (TPSA) is 46.0 Å². The van der Waals surface area contributed by atoms with Crippen LogP contribution >= 0.6 is 12.2 Å². The van der Waals surface area contributed by atoms with Gasteiger partial charge in [-0.15, -0.1) is 0 Å². The van der Waals surface area contributed by atoms with Crippen molar-refractivity contribution in [1.29, 1.82) is 0 Å². The van der Waals surface area contributed by atoms with E-state index in [1.54, 1.807) is 4.68 Å². The molecule has 0 saturated heterocycles. The van der Waals surface area contributed by atoms with Gasteiger partial charge in [0.1, 0.15) is 0 Å². The van der Waals surface area contributed by atoms with Crippen LogP contribution in [0.2, 0.25) is 0 Å². The quantitative estimate of drug-likeness (QED) is 0.647. The Balaban J connectivity index is 2.15. The van der Waals surface area contributed by atoms with Crippen molar-refractivity contribution in [2.24, 2.45) is 5.10 Å². The summed E-state index contributed by atoms with van der Waals surface area (Å²) in [6.45, 7) is 4.28. The molecule has 0 spiro atoms. The van der Waals surface area contributed by atoms with Gasteiger partial charge < -0.3 is 0 Å². The lowest BCUT2D eigenvalue weighted by Crippen LogP contribution is -2.01. The highest BCUT2D eigenvalue weighted by atomic mass is 32.1. The Labute approximate surface area is 124 Å². The molecule has 0 saturated carbocycles. The second-order valence-corrected chi connectivity index (χ2v) is 5.21. The lowest BCUT2D eigenvalue weighted by atomic mass is 10.0. The van der Waals surface area contributed by atoms with E-state index in [0.717, 1.165) is 25.1 Å². The Hall–Kier alpha value is -1.75. The minimum absolute atomic E-state index is 0.243. The summed E-state index contributed by atoms with van der Waals surface area (Å²) < 4.78 is 2.28. The summed E-state index contributed by atoms with van der Waals surface area (Å²) in [6, 6.07) is 10.3. The summed E-state index contributed by atoms with van der Waals surface area (Å²) in [5.41, 5.74) is 1.24. The van der Waals surface area contributed by atoms with Gasteiger partial charge in [0.25, 0.3) is 0 Å². The molecule has 0 unspecified atom stereocenters. The van der Waals surface area contributed by atoms with E-state index in [1.807, 2.05) is 24.4 Å². The third kappa shape index (κ3) is 3.63. The minimum Gasteiger partial charge on any atom is -0.250 e.